The van der Waals surface area contributed by atoms with Crippen LogP contribution in [-0.2, 0) is 4.74 Å². The Kier molecular flexibility index (Phi) is 5.45. The van der Waals surface area contributed by atoms with Gasteiger partial charge in [0.2, 0.25) is 0 Å². The van der Waals surface area contributed by atoms with Gasteiger partial charge in [0.25, 0.3) is 11.7 Å². The second kappa shape index (κ2) is 7.32. The molecule has 5 nitrogen and oxygen atoms in total. The van der Waals surface area contributed by atoms with E-state index >= 15 is 0 Å². The number of carbonyl (C=O) groups excluding carboxylic acids is 2. The van der Waals surface area contributed by atoms with Gasteiger partial charge in [-0.25, -0.2) is 9.78 Å². The number of hydrogen-bond acceptors (Lipinski definition) is 6. The van der Waals surface area contributed by atoms with E-state index in [0.717, 1.165) is 11.3 Å². The molecule has 1 N–H and O–H groups in total. The molecule has 1 aromatic carbocycles. The Morgan fingerprint density at radius 2 is 2.09 bits per heavy atom. The summed E-state index contributed by atoms with van der Waals surface area (Å²) < 4.78 is 29.5. The molecule has 9 heteroatoms. The zero-order valence-electron chi connectivity index (χ0n) is 11.2. The number of aromatic nitrogens is 1. The zero-order chi connectivity index (χ0) is 16.1. The van der Waals surface area contributed by atoms with Gasteiger partial charge in [-0.05, 0) is 12.1 Å². The van der Waals surface area contributed by atoms with Crippen molar-refractivity contribution in [2.24, 2.45) is 0 Å². The van der Waals surface area contributed by atoms with Crippen molar-refractivity contribution in [3.63, 3.8) is 0 Å². The van der Waals surface area contributed by atoms with E-state index in [1.54, 1.807) is 12.1 Å². The number of thioether (sulfide) groups is 1. The highest BCUT2D eigenvalue weighted by atomic mass is 32.2. The summed E-state index contributed by atoms with van der Waals surface area (Å²) in [6.07, 6.45) is 1.27. The molecule has 2 rings (SSSR count). The Morgan fingerprint density at radius 3 is 2.77 bits per heavy atom. The third kappa shape index (κ3) is 4.01. The average Bonchev–Trinajstić information content (AvgIpc) is 2.94. The molecule has 1 aromatic heterocycles. The minimum atomic E-state index is -2.63. The molecule has 0 saturated heterocycles. The normalized spacial score (nSPS) is 10.5. The Labute approximate surface area is 132 Å². The summed E-state index contributed by atoms with van der Waals surface area (Å²) >= 11 is 1.23. The van der Waals surface area contributed by atoms with Gasteiger partial charge in [0, 0.05) is 4.90 Å². The van der Waals surface area contributed by atoms with E-state index in [9.17, 15) is 18.4 Å². The van der Waals surface area contributed by atoms with Gasteiger partial charge in [0.15, 0.2) is 5.13 Å². The lowest BCUT2D eigenvalue weighted by Gasteiger charge is -2.07. The van der Waals surface area contributed by atoms with E-state index in [0.29, 0.717) is 11.8 Å². The van der Waals surface area contributed by atoms with Crippen molar-refractivity contribution in [2.45, 2.75) is 10.7 Å². The lowest BCUT2D eigenvalue weighted by molar-refractivity contribution is 0.0606. The van der Waals surface area contributed by atoms with Gasteiger partial charge in [0.05, 0.1) is 18.9 Å². The SMILES string of the molecule is COC(=O)c1cnc(NC(=O)c2ccccc2SC(F)F)s1. The molecule has 0 bridgehead atoms. The standard InChI is InChI=1S/C13H10F2N2O3S2/c1-20-11(19)9-6-16-13(22-9)17-10(18)7-4-2-3-5-8(7)21-12(14)15/h2-6,12H,1H3,(H,16,17,18). The molecular formula is C13H10F2N2O3S2. The summed E-state index contributed by atoms with van der Waals surface area (Å²) in [5, 5.41) is 2.66. The van der Waals surface area contributed by atoms with E-state index in [1.165, 1.54) is 25.4 Å². The van der Waals surface area contributed by atoms with Crippen LogP contribution >= 0.6 is 23.1 Å². The van der Waals surface area contributed by atoms with Crippen LogP contribution < -0.4 is 5.32 Å². The molecule has 1 amide bonds. The number of thiazole rings is 1. The van der Waals surface area contributed by atoms with E-state index in [1.807, 2.05) is 0 Å². The van der Waals surface area contributed by atoms with Crippen LogP contribution in [0.15, 0.2) is 35.4 Å². The molecule has 0 saturated carbocycles. The third-order valence-electron chi connectivity index (χ3n) is 2.46. The number of nitrogens with one attached hydrogen (secondary N) is 1. The van der Waals surface area contributed by atoms with Crippen LogP contribution in [0, 0.1) is 0 Å². The quantitative estimate of drug-likeness (QED) is 0.664. The molecular weight excluding hydrogens is 334 g/mol. The molecule has 116 valence electrons. The van der Waals surface area contributed by atoms with Crippen LogP contribution in [0.5, 0.6) is 0 Å². The summed E-state index contributed by atoms with van der Waals surface area (Å²) in [6, 6.07) is 6.02. The summed E-state index contributed by atoms with van der Waals surface area (Å²) in [4.78, 5) is 27.7. The molecule has 22 heavy (non-hydrogen) atoms. The molecule has 2 aromatic rings. The van der Waals surface area contributed by atoms with Crippen LogP contribution in [0.3, 0.4) is 0 Å². The van der Waals surface area contributed by atoms with Gasteiger partial charge in [-0.3, -0.25) is 10.1 Å². The number of hydrogen-bond donors (Lipinski definition) is 1. The number of alkyl halides is 2. The zero-order valence-corrected chi connectivity index (χ0v) is 12.8. The Balaban J connectivity index is 2.15. The number of amides is 1. The molecule has 0 unspecified atom stereocenters. The fourth-order valence-electron chi connectivity index (χ4n) is 1.54. The largest absolute Gasteiger partial charge is 0.465 e. The highest BCUT2D eigenvalue weighted by Gasteiger charge is 2.17. The predicted molar refractivity (Wildman–Crippen MR) is 79.7 cm³/mol. The molecule has 0 aliphatic carbocycles. The maximum atomic E-state index is 12.5. The summed E-state index contributed by atoms with van der Waals surface area (Å²) in [5.74, 6) is -3.76. The number of benzene rings is 1. The second-order valence-corrected chi connectivity index (χ2v) is 5.91. The monoisotopic (exact) mass is 344 g/mol. The maximum Gasteiger partial charge on any atom is 0.349 e. The first-order chi connectivity index (χ1) is 10.5. The highest BCUT2D eigenvalue weighted by molar-refractivity contribution is 7.99. The van der Waals surface area contributed by atoms with Crippen molar-refractivity contribution < 1.29 is 23.1 Å². The first-order valence-corrected chi connectivity index (χ1v) is 7.60. The molecule has 0 aliphatic rings. The van der Waals surface area contributed by atoms with Crippen LogP contribution in [-0.4, -0.2) is 29.7 Å². The fraction of sp³-hybridized carbons (Fsp3) is 0.154. The van der Waals surface area contributed by atoms with E-state index in [4.69, 9.17) is 0 Å². The molecule has 0 aliphatic heterocycles. The maximum absolute atomic E-state index is 12.5. The molecule has 0 spiro atoms. The van der Waals surface area contributed by atoms with Crippen LogP contribution in [0.25, 0.3) is 0 Å². The third-order valence-corrected chi connectivity index (χ3v) is 4.14. The predicted octanol–water partition coefficient (Wildman–Crippen LogP) is 3.50. The molecule has 0 fully saturated rings. The minimum Gasteiger partial charge on any atom is -0.465 e. The fourth-order valence-corrected chi connectivity index (χ4v) is 2.91. The number of nitrogens with zero attached hydrogens (tertiary/aromatic N) is 1. The van der Waals surface area contributed by atoms with Crippen molar-refractivity contribution in [3.8, 4) is 0 Å². The lowest BCUT2D eigenvalue weighted by atomic mass is 10.2. The van der Waals surface area contributed by atoms with Crippen molar-refractivity contribution >= 4 is 40.1 Å². The van der Waals surface area contributed by atoms with Crippen molar-refractivity contribution in [3.05, 3.63) is 40.9 Å². The van der Waals surface area contributed by atoms with E-state index < -0.39 is 17.6 Å². The Morgan fingerprint density at radius 1 is 1.36 bits per heavy atom. The lowest BCUT2D eigenvalue weighted by Crippen LogP contribution is -2.12. The van der Waals surface area contributed by atoms with Gasteiger partial charge in [-0.2, -0.15) is 8.78 Å². The van der Waals surface area contributed by atoms with E-state index in [-0.39, 0.29) is 20.5 Å². The van der Waals surface area contributed by atoms with Gasteiger partial charge < -0.3 is 4.74 Å². The second-order valence-electron chi connectivity index (χ2n) is 3.85. The minimum absolute atomic E-state index is 0.114. The average molecular weight is 344 g/mol. The molecule has 0 radical (unpaired) electrons. The van der Waals surface area contributed by atoms with Crippen LogP contribution in [0.1, 0.15) is 20.0 Å². The topological polar surface area (TPSA) is 68.3 Å². The smallest absolute Gasteiger partial charge is 0.349 e. The highest BCUT2D eigenvalue weighted by Crippen LogP contribution is 2.29. The van der Waals surface area contributed by atoms with Gasteiger partial charge in [-0.15, -0.1) is 0 Å². The number of rotatable bonds is 5. The Bertz CT molecular complexity index is 691. The number of esters is 1. The van der Waals surface area contributed by atoms with Crippen LogP contribution in [0.4, 0.5) is 13.9 Å². The van der Waals surface area contributed by atoms with E-state index in [2.05, 4.69) is 15.0 Å². The van der Waals surface area contributed by atoms with Gasteiger partial charge >= 0.3 is 5.97 Å². The number of halogens is 2. The molecule has 0 atom stereocenters. The van der Waals surface area contributed by atoms with Crippen molar-refractivity contribution in [1.82, 2.24) is 4.98 Å². The number of anilines is 1. The van der Waals surface area contributed by atoms with Crippen LogP contribution in [0.2, 0.25) is 0 Å². The number of ether oxygens (including phenoxy) is 1. The van der Waals surface area contributed by atoms with Gasteiger partial charge in [0.1, 0.15) is 4.88 Å². The first kappa shape index (κ1) is 16.4. The number of carbonyl (C=O) groups is 2. The van der Waals surface area contributed by atoms with Gasteiger partial charge in [-0.1, -0.05) is 35.2 Å². The molecule has 1 heterocycles. The van der Waals surface area contributed by atoms with Crippen molar-refractivity contribution in [1.29, 1.82) is 0 Å². The summed E-state index contributed by atoms with van der Waals surface area (Å²) in [7, 11) is 1.23. The number of methoxy groups -OCH3 is 1. The van der Waals surface area contributed by atoms with Crippen molar-refractivity contribution in [2.75, 3.05) is 12.4 Å². The summed E-state index contributed by atoms with van der Waals surface area (Å²) in [5.41, 5.74) is 0.114. The first-order valence-electron chi connectivity index (χ1n) is 5.90. The summed E-state index contributed by atoms with van der Waals surface area (Å²) in [6.45, 7) is 0. The Hall–Kier alpha value is -2.00.